The fourth-order valence-electron chi connectivity index (χ4n) is 2.13. The van der Waals surface area contributed by atoms with Crippen LogP contribution in [-0.2, 0) is 14.1 Å². The fraction of sp³-hybridized carbons (Fsp3) is 0.154. The van der Waals surface area contributed by atoms with Gasteiger partial charge in [-0.3, -0.25) is 4.68 Å². The second kappa shape index (κ2) is 3.94. The van der Waals surface area contributed by atoms with Crippen molar-refractivity contribution in [2.45, 2.75) is 0 Å². The fourth-order valence-corrected chi connectivity index (χ4v) is 2.13. The number of aryl methyl sites for hydroxylation is 2. The molecule has 2 aromatic heterocycles. The van der Waals surface area contributed by atoms with Gasteiger partial charge in [0.2, 0.25) is 0 Å². The lowest BCUT2D eigenvalue weighted by atomic mass is 10.1. The summed E-state index contributed by atoms with van der Waals surface area (Å²) in [6, 6.07) is 7.38. The molecule has 0 fully saturated rings. The van der Waals surface area contributed by atoms with Gasteiger partial charge in [-0.1, -0.05) is 6.07 Å². The quantitative estimate of drug-likeness (QED) is 0.757. The molecule has 0 bridgehead atoms. The molecular weight excluding hydrogens is 244 g/mol. The highest BCUT2D eigenvalue weighted by atomic mass is 16.4. The molecule has 0 aliphatic carbocycles. The van der Waals surface area contributed by atoms with Gasteiger partial charge in [-0.2, -0.15) is 5.10 Å². The average molecular weight is 256 g/mol. The molecule has 0 saturated carbocycles. The molecule has 1 aromatic carbocycles. The van der Waals surface area contributed by atoms with Crippen LogP contribution >= 0.6 is 0 Å². The second-order valence-electron chi connectivity index (χ2n) is 4.40. The highest BCUT2D eigenvalue weighted by Gasteiger charge is 2.13. The minimum absolute atomic E-state index is 0.0441. The zero-order chi connectivity index (χ0) is 13.6. The van der Waals surface area contributed by atoms with E-state index in [-0.39, 0.29) is 5.69 Å². The van der Waals surface area contributed by atoms with Gasteiger partial charge in [0, 0.05) is 19.7 Å². The molecule has 6 heteroatoms. The third kappa shape index (κ3) is 1.77. The van der Waals surface area contributed by atoms with Gasteiger partial charge in [-0.05, 0) is 18.2 Å². The molecule has 0 spiro atoms. The molecule has 2 heterocycles. The molecule has 0 atom stereocenters. The van der Waals surface area contributed by atoms with E-state index in [1.165, 1.54) is 0 Å². The van der Waals surface area contributed by atoms with E-state index in [4.69, 9.17) is 5.11 Å². The first-order valence-electron chi connectivity index (χ1n) is 5.75. The van der Waals surface area contributed by atoms with Gasteiger partial charge < -0.3 is 9.67 Å². The summed E-state index contributed by atoms with van der Waals surface area (Å²) >= 11 is 0. The average Bonchev–Trinajstić information content (AvgIpc) is 2.93. The van der Waals surface area contributed by atoms with Crippen molar-refractivity contribution in [2.24, 2.45) is 14.1 Å². The Morgan fingerprint density at radius 1 is 1.26 bits per heavy atom. The molecule has 96 valence electrons. The van der Waals surface area contributed by atoms with Gasteiger partial charge in [-0.15, -0.1) is 0 Å². The van der Waals surface area contributed by atoms with E-state index >= 15 is 0 Å². The summed E-state index contributed by atoms with van der Waals surface area (Å²) in [5.74, 6) is -1.02. The first kappa shape index (κ1) is 11.5. The van der Waals surface area contributed by atoms with Crippen molar-refractivity contribution in [1.82, 2.24) is 19.3 Å². The van der Waals surface area contributed by atoms with Crippen molar-refractivity contribution in [3.05, 3.63) is 36.3 Å². The maximum atomic E-state index is 10.9. The number of carbonyl (C=O) groups is 1. The Labute approximate surface area is 108 Å². The first-order chi connectivity index (χ1) is 9.06. The van der Waals surface area contributed by atoms with Crippen LogP contribution in [0.25, 0.3) is 22.3 Å². The van der Waals surface area contributed by atoms with Crippen LogP contribution in [-0.4, -0.2) is 30.4 Å². The Hall–Kier alpha value is -2.63. The molecule has 0 unspecified atom stereocenters. The summed E-state index contributed by atoms with van der Waals surface area (Å²) in [7, 11) is 3.65. The highest BCUT2D eigenvalue weighted by molar-refractivity contribution is 5.88. The molecule has 0 aliphatic heterocycles. The number of imidazole rings is 1. The Balaban J connectivity index is 2.18. The predicted octanol–water partition coefficient (Wildman–Crippen LogP) is 1.67. The Morgan fingerprint density at radius 3 is 2.74 bits per heavy atom. The number of fused-ring (bicyclic) bond motifs is 1. The number of benzene rings is 1. The van der Waals surface area contributed by atoms with E-state index in [0.717, 1.165) is 22.3 Å². The SMILES string of the molecule is Cn1nc(C(=O)O)cc1-c1ccc2ncn(C)c2c1. The van der Waals surface area contributed by atoms with E-state index in [0.29, 0.717) is 0 Å². The molecular formula is C13H12N4O2. The van der Waals surface area contributed by atoms with E-state index in [1.54, 1.807) is 24.1 Å². The number of aromatic carboxylic acids is 1. The largest absolute Gasteiger partial charge is 0.476 e. The number of aromatic nitrogens is 4. The van der Waals surface area contributed by atoms with Crippen molar-refractivity contribution in [1.29, 1.82) is 0 Å². The van der Waals surface area contributed by atoms with Crippen LogP contribution in [0.1, 0.15) is 10.5 Å². The molecule has 0 saturated heterocycles. The highest BCUT2D eigenvalue weighted by Crippen LogP contribution is 2.24. The molecule has 0 amide bonds. The third-order valence-corrected chi connectivity index (χ3v) is 3.12. The molecule has 3 rings (SSSR count). The number of rotatable bonds is 2. The molecule has 0 aliphatic rings. The summed E-state index contributed by atoms with van der Waals surface area (Å²) < 4.78 is 3.49. The van der Waals surface area contributed by atoms with E-state index in [2.05, 4.69) is 10.1 Å². The lowest BCUT2D eigenvalue weighted by Crippen LogP contribution is -1.99. The van der Waals surface area contributed by atoms with Crippen LogP contribution in [0.4, 0.5) is 0 Å². The molecule has 3 aromatic rings. The number of hydrogen-bond acceptors (Lipinski definition) is 3. The standard InChI is InChI=1S/C13H12N4O2/c1-16-7-14-9-4-3-8(5-12(9)16)11-6-10(13(18)19)15-17(11)2/h3-7H,1-2H3,(H,18,19). The van der Waals surface area contributed by atoms with Crippen LogP contribution in [0.2, 0.25) is 0 Å². The maximum Gasteiger partial charge on any atom is 0.356 e. The van der Waals surface area contributed by atoms with E-state index < -0.39 is 5.97 Å². The minimum atomic E-state index is -1.02. The van der Waals surface area contributed by atoms with Gasteiger partial charge in [0.25, 0.3) is 0 Å². The maximum absolute atomic E-state index is 10.9. The summed E-state index contributed by atoms with van der Waals surface area (Å²) in [6.45, 7) is 0. The summed E-state index contributed by atoms with van der Waals surface area (Å²) in [6.07, 6.45) is 1.75. The van der Waals surface area contributed by atoms with Crippen LogP contribution in [0, 0.1) is 0 Å². The summed E-state index contributed by atoms with van der Waals surface area (Å²) in [4.78, 5) is 15.2. The van der Waals surface area contributed by atoms with Crippen LogP contribution < -0.4 is 0 Å². The number of carboxylic acids is 1. The zero-order valence-electron chi connectivity index (χ0n) is 10.5. The molecule has 6 nitrogen and oxygen atoms in total. The summed E-state index contributed by atoms with van der Waals surface area (Å²) in [5, 5.41) is 12.9. The molecule has 0 radical (unpaired) electrons. The second-order valence-corrected chi connectivity index (χ2v) is 4.40. The van der Waals surface area contributed by atoms with Crippen molar-refractivity contribution < 1.29 is 9.90 Å². The van der Waals surface area contributed by atoms with Crippen LogP contribution in [0.5, 0.6) is 0 Å². The monoisotopic (exact) mass is 256 g/mol. The van der Waals surface area contributed by atoms with Crippen LogP contribution in [0.15, 0.2) is 30.6 Å². The molecule has 19 heavy (non-hydrogen) atoms. The topological polar surface area (TPSA) is 72.9 Å². The van der Waals surface area contributed by atoms with Gasteiger partial charge >= 0.3 is 5.97 Å². The van der Waals surface area contributed by atoms with Gasteiger partial charge in [0.1, 0.15) is 0 Å². The smallest absolute Gasteiger partial charge is 0.356 e. The van der Waals surface area contributed by atoms with E-state index in [1.807, 2.05) is 29.8 Å². The van der Waals surface area contributed by atoms with Gasteiger partial charge in [0.05, 0.1) is 23.1 Å². The zero-order valence-corrected chi connectivity index (χ0v) is 10.5. The lowest BCUT2D eigenvalue weighted by molar-refractivity contribution is 0.0689. The number of hydrogen-bond donors (Lipinski definition) is 1. The third-order valence-electron chi connectivity index (χ3n) is 3.12. The summed E-state index contributed by atoms with van der Waals surface area (Å²) in [5.41, 5.74) is 3.63. The van der Waals surface area contributed by atoms with Gasteiger partial charge in [0.15, 0.2) is 5.69 Å². The van der Waals surface area contributed by atoms with Gasteiger partial charge in [-0.25, -0.2) is 9.78 Å². The Bertz CT molecular complexity index is 785. The molecule has 1 N–H and O–H groups in total. The first-order valence-corrected chi connectivity index (χ1v) is 5.75. The van der Waals surface area contributed by atoms with Crippen molar-refractivity contribution in [3.8, 4) is 11.3 Å². The number of nitrogens with zero attached hydrogens (tertiary/aromatic N) is 4. The van der Waals surface area contributed by atoms with Crippen molar-refractivity contribution >= 4 is 17.0 Å². The lowest BCUT2D eigenvalue weighted by Gasteiger charge is -2.02. The number of carboxylic acid groups (broad SMARTS) is 1. The Kier molecular flexibility index (Phi) is 2.38. The normalized spacial score (nSPS) is 11.1. The van der Waals surface area contributed by atoms with Crippen molar-refractivity contribution in [2.75, 3.05) is 0 Å². The minimum Gasteiger partial charge on any atom is -0.476 e. The Morgan fingerprint density at radius 2 is 2.05 bits per heavy atom. The van der Waals surface area contributed by atoms with E-state index in [9.17, 15) is 4.79 Å². The van der Waals surface area contributed by atoms with Crippen LogP contribution in [0.3, 0.4) is 0 Å². The predicted molar refractivity (Wildman–Crippen MR) is 69.9 cm³/mol. The van der Waals surface area contributed by atoms with Crippen molar-refractivity contribution in [3.63, 3.8) is 0 Å².